The maximum atomic E-state index is 13.0. The van der Waals surface area contributed by atoms with Crippen molar-refractivity contribution in [3.63, 3.8) is 0 Å². The Balaban J connectivity index is 2.89. The molecule has 6 N–H and O–H groups in total. The molecule has 0 aromatic heterocycles. The van der Waals surface area contributed by atoms with E-state index in [4.69, 9.17) is 10.8 Å². The van der Waals surface area contributed by atoms with E-state index in [0.717, 1.165) is 11.1 Å². The number of nitrogens with two attached hydrogens (primary N) is 1. The van der Waals surface area contributed by atoms with E-state index < -0.39 is 47.9 Å². The molecule has 0 spiro atoms. The van der Waals surface area contributed by atoms with Crippen LogP contribution in [0.1, 0.15) is 52.2 Å². The van der Waals surface area contributed by atoms with Gasteiger partial charge in [-0.25, -0.2) is 0 Å². The van der Waals surface area contributed by atoms with Crippen molar-refractivity contribution < 1.29 is 24.3 Å². The van der Waals surface area contributed by atoms with Crippen molar-refractivity contribution in [2.75, 3.05) is 0 Å². The summed E-state index contributed by atoms with van der Waals surface area (Å²) in [7, 11) is 0. The fraction of sp³-hybridized carbons (Fsp3) is 0.583. The summed E-state index contributed by atoms with van der Waals surface area (Å²) in [5.41, 5.74) is 8.09. The number of carbonyl (C=O) groups is 4. The van der Waals surface area contributed by atoms with Gasteiger partial charge in [0.15, 0.2) is 0 Å². The fourth-order valence-electron chi connectivity index (χ4n) is 3.18. The molecule has 33 heavy (non-hydrogen) atoms. The number of rotatable bonds is 12. The molecule has 0 bridgehead atoms. The number of hydrogen-bond donors (Lipinski definition) is 5. The molecule has 0 saturated carbocycles. The number of carboxylic acid groups (broad SMARTS) is 1. The monoisotopic (exact) mass is 462 g/mol. The van der Waals surface area contributed by atoms with Gasteiger partial charge in [-0.3, -0.25) is 19.2 Å². The maximum Gasteiger partial charge on any atom is 0.325 e. The first-order valence-electron chi connectivity index (χ1n) is 11.3. The molecule has 5 atom stereocenters. The van der Waals surface area contributed by atoms with Crippen molar-refractivity contribution >= 4 is 23.7 Å². The van der Waals surface area contributed by atoms with Gasteiger partial charge < -0.3 is 26.8 Å². The Hall–Kier alpha value is -2.94. The number of aliphatic carboxylic acids is 1. The molecule has 0 aliphatic rings. The van der Waals surface area contributed by atoms with Crippen LogP contribution >= 0.6 is 0 Å². The minimum atomic E-state index is -1.17. The van der Waals surface area contributed by atoms with E-state index in [-0.39, 0.29) is 11.8 Å². The zero-order valence-electron chi connectivity index (χ0n) is 20.3. The van der Waals surface area contributed by atoms with Gasteiger partial charge in [-0.2, -0.15) is 0 Å². The third-order valence-electron chi connectivity index (χ3n) is 5.68. The summed E-state index contributed by atoms with van der Waals surface area (Å²) in [6.45, 7) is 10.5. The van der Waals surface area contributed by atoms with Gasteiger partial charge in [-0.1, -0.05) is 63.9 Å². The summed E-state index contributed by atoms with van der Waals surface area (Å²) >= 11 is 0. The van der Waals surface area contributed by atoms with Crippen molar-refractivity contribution in [2.24, 2.45) is 17.6 Å². The van der Waals surface area contributed by atoms with Gasteiger partial charge in [-0.05, 0) is 37.7 Å². The normalized spacial score (nSPS) is 15.6. The van der Waals surface area contributed by atoms with Crippen LogP contribution in [0.25, 0.3) is 0 Å². The van der Waals surface area contributed by atoms with Crippen LogP contribution in [0.3, 0.4) is 0 Å². The van der Waals surface area contributed by atoms with Crippen LogP contribution in [0.15, 0.2) is 24.3 Å². The third-order valence-corrected chi connectivity index (χ3v) is 5.68. The summed E-state index contributed by atoms with van der Waals surface area (Å²) in [4.78, 5) is 49.5. The van der Waals surface area contributed by atoms with Gasteiger partial charge in [0.05, 0.1) is 6.04 Å². The molecule has 0 unspecified atom stereocenters. The maximum absolute atomic E-state index is 13.0. The highest BCUT2D eigenvalue weighted by molar-refractivity contribution is 5.94. The van der Waals surface area contributed by atoms with Gasteiger partial charge in [0.25, 0.3) is 0 Å². The van der Waals surface area contributed by atoms with Crippen molar-refractivity contribution in [3.05, 3.63) is 35.4 Å². The number of aryl methyl sites for hydroxylation is 1. The number of carbonyl (C=O) groups excluding carboxylic acids is 3. The predicted molar refractivity (Wildman–Crippen MR) is 126 cm³/mol. The van der Waals surface area contributed by atoms with E-state index in [2.05, 4.69) is 16.0 Å². The molecule has 9 heteroatoms. The molecule has 3 amide bonds. The molecule has 0 aliphatic heterocycles. The largest absolute Gasteiger partial charge is 0.480 e. The summed E-state index contributed by atoms with van der Waals surface area (Å²) in [5, 5.41) is 16.9. The third kappa shape index (κ3) is 8.84. The highest BCUT2D eigenvalue weighted by Gasteiger charge is 2.33. The van der Waals surface area contributed by atoms with E-state index in [0.29, 0.717) is 12.8 Å². The first-order chi connectivity index (χ1) is 15.4. The standard InChI is InChI=1S/C24H38N4O5/c1-7-15(5)20(23(31)26-16(6)24(32)33)28-22(30)19(13(2)3)27-21(29)18(25)12-17-10-8-14(4)9-11-17/h8-11,13,15-16,18-20H,7,12,25H2,1-6H3,(H,26,31)(H,27,29)(H,28,30)(H,32,33)/t15-,16-,18-,19-,20-/m0/s1. The van der Waals surface area contributed by atoms with E-state index in [1.807, 2.05) is 38.1 Å². The van der Waals surface area contributed by atoms with Gasteiger partial charge >= 0.3 is 5.97 Å². The van der Waals surface area contributed by atoms with E-state index in [1.54, 1.807) is 20.8 Å². The minimum Gasteiger partial charge on any atom is -0.480 e. The average Bonchev–Trinajstić information content (AvgIpc) is 2.75. The van der Waals surface area contributed by atoms with Crippen molar-refractivity contribution in [2.45, 2.75) is 78.6 Å². The Morgan fingerprint density at radius 2 is 1.39 bits per heavy atom. The van der Waals surface area contributed by atoms with Crippen molar-refractivity contribution in [1.29, 1.82) is 0 Å². The lowest BCUT2D eigenvalue weighted by Crippen LogP contribution is -2.59. The van der Waals surface area contributed by atoms with Crippen LogP contribution in [0, 0.1) is 18.8 Å². The fourth-order valence-corrected chi connectivity index (χ4v) is 3.18. The molecular weight excluding hydrogens is 424 g/mol. The number of carboxylic acids is 1. The first kappa shape index (κ1) is 28.1. The van der Waals surface area contributed by atoms with Crippen LogP contribution in [0.4, 0.5) is 0 Å². The average molecular weight is 463 g/mol. The first-order valence-corrected chi connectivity index (χ1v) is 11.3. The second kappa shape index (κ2) is 12.9. The van der Waals surface area contributed by atoms with Gasteiger partial charge in [0.2, 0.25) is 17.7 Å². The Bertz CT molecular complexity index is 825. The molecule has 0 heterocycles. The lowest BCUT2D eigenvalue weighted by atomic mass is 9.96. The number of amides is 3. The lowest BCUT2D eigenvalue weighted by Gasteiger charge is -2.29. The number of hydrogen-bond acceptors (Lipinski definition) is 5. The van der Waals surface area contributed by atoms with Gasteiger partial charge in [-0.15, -0.1) is 0 Å². The SMILES string of the molecule is CC[C@H](C)[C@H](NC(=O)[C@@H](NC(=O)[C@@H](N)Cc1ccc(C)cc1)C(C)C)C(=O)N[C@@H](C)C(=O)O. The summed E-state index contributed by atoms with van der Waals surface area (Å²) in [6.07, 6.45) is 0.906. The van der Waals surface area contributed by atoms with E-state index in [9.17, 15) is 19.2 Å². The smallest absolute Gasteiger partial charge is 0.325 e. The lowest BCUT2D eigenvalue weighted by molar-refractivity contribution is -0.142. The molecule has 184 valence electrons. The van der Waals surface area contributed by atoms with Crippen LogP contribution in [-0.4, -0.2) is 53.0 Å². The summed E-state index contributed by atoms with van der Waals surface area (Å²) < 4.78 is 0. The Kier molecular flexibility index (Phi) is 11.0. The number of benzene rings is 1. The van der Waals surface area contributed by atoms with Crippen LogP contribution in [-0.2, 0) is 25.6 Å². The molecule has 0 aliphatic carbocycles. The predicted octanol–water partition coefficient (Wildman–Crippen LogP) is 1.13. The molecule has 0 fully saturated rings. The summed E-state index contributed by atoms with van der Waals surface area (Å²) in [6, 6.07) is 3.91. The number of nitrogens with one attached hydrogen (secondary N) is 3. The highest BCUT2D eigenvalue weighted by Crippen LogP contribution is 2.11. The Morgan fingerprint density at radius 1 is 0.879 bits per heavy atom. The van der Waals surface area contributed by atoms with Crippen LogP contribution in [0.2, 0.25) is 0 Å². The topological polar surface area (TPSA) is 151 Å². The zero-order chi connectivity index (χ0) is 25.3. The molecule has 1 aromatic rings. The molecule has 9 nitrogen and oxygen atoms in total. The van der Waals surface area contributed by atoms with Gasteiger partial charge in [0, 0.05) is 0 Å². The van der Waals surface area contributed by atoms with Crippen LogP contribution in [0.5, 0.6) is 0 Å². The van der Waals surface area contributed by atoms with E-state index in [1.165, 1.54) is 6.92 Å². The zero-order valence-corrected chi connectivity index (χ0v) is 20.3. The summed E-state index contributed by atoms with van der Waals surface area (Å²) in [5.74, 6) is -3.26. The Morgan fingerprint density at radius 3 is 1.88 bits per heavy atom. The second-order valence-corrected chi connectivity index (χ2v) is 8.97. The van der Waals surface area contributed by atoms with Crippen molar-refractivity contribution in [3.8, 4) is 0 Å². The molecular formula is C24H38N4O5. The van der Waals surface area contributed by atoms with Gasteiger partial charge in [0.1, 0.15) is 18.1 Å². The quantitative estimate of drug-likeness (QED) is 0.314. The molecule has 1 rings (SSSR count). The minimum absolute atomic E-state index is 0.248. The molecule has 1 aromatic carbocycles. The van der Waals surface area contributed by atoms with E-state index >= 15 is 0 Å². The Labute approximate surface area is 195 Å². The molecule has 0 saturated heterocycles. The highest BCUT2D eigenvalue weighted by atomic mass is 16.4. The second-order valence-electron chi connectivity index (χ2n) is 8.97. The van der Waals surface area contributed by atoms with Crippen LogP contribution < -0.4 is 21.7 Å². The molecule has 0 radical (unpaired) electrons. The van der Waals surface area contributed by atoms with Crippen molar-refractivity contribution in [1.82, 2.24) is 16.0 Å².